The predicted octanol–water partition coefficient (Wildman–Crippen LogP) is 4.20. The van der Waals surface area contributed by atoms with Gasteiger partial charge in [0.25, 0.3) is 0 Å². The summed E-state index contributed by atoms with van der Waals surface area (Å²) >= 11 is 0. The molecule has 1 heterocycles. The van der Waals surface area contributed by atoms with Crippen LogP contribution in [0.15, 0.2) is 24.3 Å². The zero-order chi connectivity index (χ0) is 11.2. The molecule has 0 aromatic heterocycles. The molecule has 90 valence electrons. The summed E-state index contributed by atoms with van der Waals surface area (Å²) in [6, 6.07) is 9.96. The minimum atomic E-state index is 0. The summed E-state index contributed by atoms with van der Waals surface area (Å²) in [5, 5.41) is 0. The van der Waals surface area contributed by atoms with Gasteiger partial charge in [-0.1, -0.05) is 32.0 Å². The molecule has 16 heavy (non-hydrogen) atoms. The van der Waals surface area contributed by atoms with Crippen LogP contribution in [0.2, 0.25) is 0 Å². The summed E-state index contributed by atoms with van der Waals surface area (Å²) in [5.41, 5.74) is 3.18. The Bertz CT molecular complexity index is 371. The molecular formula is C14H22IN. The maximum Gasteiger partial charge on any atom is 0.0410 e. The SMILES string of the molecule is CC(C)N1c2ccccc2C(C)(C)C1C.I. The Morgan fingerprint density at radius 3 is 2.31 bits per heavy atom. The number of nitrogens with zero attached hydrogens (tertiary/aromatic N) is 1. The Hall–Kier alpha value is -0.250. The number of hydrogen-bond acceptors (Lipinski definition) is 1. The summed E-state index contributed by atoms with van der Waals surface area (Å²) in [6.45, 7) is 11.6. The molecular weight excluding hydrogens is 309 g/mol. The average Bonchev–Trinajstić information content (AvgIpc) is 2.36. The molecule has 1 aromatic carbocycles. The number of para-hydroxylation sites is 1. The van der Waals surface area contributed by atoms with Gasteiger partial charge in [0.1, 0.15) is 0 Å². The van der Waals surface area contributed by atoms with Crippen LogP contribution >= 0.6 is 24.0 Å². The molecule has 1 aromatic rings. The minimum absolute atomic E-state index is 0. The molecule has 1 unspecified atom stereocenters. The molecule has 0 aliphatic carbocycles. The van der Waals surface area contributed by atoms with Crippen LogP contribution in [0.5, 0.6) is 0 Å². The molecule has 1 nitrogen and oxygen atoms in total. The van der Waals surface area contributed by atoms with E-state index < -0.39 is 0 Å². The Labute approximate surface area is 116 Å². The molecule has 0 saturated carbocycles. The lowest BCUT2D eigenvalue weighted by Gasteiger charge is -2.34. The maximum absolute atomic E-state index is 2.54. The molecule has 0 radical (unpaired) electrons. The van der Waals surface area contributed by atoms with Gasteiger partial charge in [0.2, 0.25) is 0 Å². The molecule has 1 aliphatic rings. The van der Waals surface area contributed by atoms with Crippen molar-refractivity contribution < 1.29 is 0 Å². The Balaban J connectivity index is 0.00000128. The third kappa shape index (κ3) is 1.85. The quantitative estimate of drug-likeness (QED) is 0.697. The first-order valence-electron chi connectivity index (χ1n) is 5.84. The first-order chi connectivity index (χ1) is 6.96. The molecule has 2 rings (SSSR count). The van der Waals surface area contributed by atoms with Crippen LogP contribution in [0, 0.1) is 0 Å². The summed E-state index contributed by atoms with van der Waals surface area (Å²) in [7, 11) is 0. The smallest absolute Gasteiger partial charge is 0.0410 e. The van der Waals surface area contributed by atoms with Crippen molar-refractivity contribution in [3.63, 3.8) is 0 Å². The summed E-state index contributed by atoms with van der Waals surface area (Å²) < 4.78 is 0. The number of fused-ring (bicyclic) bond motifs is 1. The lowest BCUT2D eigenvalue weighted by Crippen LogP contribution is -2.42. The van der Waals surface area contributed by atoms with Crippen LogP contribution in [0.3, 0.4) is 0 Å². The molecule has 0 spiro atoms. The fourth-order valence-electron chi connectivity index (χ4n) is 2.75. The Kier molecular flexibility index (Phi) is 3.93. The van der Waals surface area contributed by atoms with Gasteiger partial charge in [-0.05, 0) is 32.4 Å². The van der Waals surface area contributed by atoms with E-state index in [1.54, 1.807) is 0 Å². The standard InChI is InChI=1S/C14H21N.HI/c1-10(2)15-11(3)14(4,5)12-8-6-7-9-13(12)15;/h6-11H,1-5H3;1H. The number of rotatable bonds is 1. The summed E-state index contributed by atoms with van der Waals surface area (Å²) in [4.78, 5) is 2.54. The van der Waals surface area contributed by atoms with Gasteiger partial charge >= 0.3 is 0 Å². The third-order valence-corrected chi connectivity index (χ3v) is 3.89. The number of benzene rings is 1. The van der Waals surface area contributed by atoms with E-state index in [1.165, 1.54) is 11.3 Å². The molecule has 0 saturated heterocycles. The molecule has 0 N–H and O–H groups in total. The Morgan fingerprint density at radius 1 is 1.19 bits per heavy atom. The predicted molar refractivity (Wildman–Crippen MR) is 82.0 cm³/mol. The molecule has 1 aliphatic heterocycles. The third-order valence-electron chi connectivity index (χ3n) is 3.89. The lowest BCUT2D eigenvalue weighted by atomic mass is 9.81. The summed E-state index contributed by atoms with van der Waals surface area (Å²) in [5.74, 6) is 0. The van der Waals surface area contributed by atoms with Crippen LogP contribution in [0.4, 0.5) is 5.69 Å². The second-order valence-electron chi connectivity index (χ2n) is 5.42. The van der Waals surface area contributed by atoms with E-state index in [0.717, 1.165) is 0 Å². The monoisotopic (exact) mass is 331 g/mol. The van der Waals surface area contributed by atoms with E-state index in [9.17, 15) is 0 Å². The minimum Gasteiger partial charge on any atom is -0.365 e. The number of hydrogen-bond donors (Lipinski definition) is 0. The van der Waals surface area contributed by atoms with Gasteiger partial charge in [0, 0.05) is 23.2 Å². The average molecular weight is 331 g/mol. The number of anilines is 1. The zero-order valence-corrected chi connectivity index (χ0v) is 13.1. The molecule has 2 heteroatoms. The largest absolute Gasteiger partial charge is 0.365 e. The highest BCUT2D eigenvalue weighted by Gasteiger charge is 2.42. The van der Waals surface area contributed by atoms with Gasteiger partial charge in [-0.3, -0.25) is 0 Å². The normalized spacial score (nSPS) is 21.9. The van der Waals surface area contributed by atoms with Gasteiger partial charge in [0.05, 0.1) is 0 Å². The van der Waals surface area contributed by atoms with Crippen LogP contribution in [-0.4, -0.2) is 12.1 Å². The van der Waals surface area contributed by atoms with E-state index >= 15 is 0 Å². The summed E-state index contributed by atoms with van der Waals surface area (Å²) in [6.07, 6.45) is 0. The van der Waals surface area contributed by atoms with Crippen molar-refractivity contribution in [3.05, 3.63) is 29.8 Å². The number of halogens is 1. The van der Waals surface area contributed by atoms with Crippen molar-refractivity contribution in [3.8, 4) is 0 Å². The van der Waals surface area contributed by atoms with Gasteiger partial charge in [0.15, 0.2) is 0 Å². The van der Waals surface area contributed by atoms with Crippen LogP contribution in [0.1, 0.15) is 40.2 Å². The van der Waals surface area contributed by atoms with E-state index in [0.29, 0.717) is 12.1 Å². The van der Waals surface area contributed by atoms with E-state index in [1.807, 2.05) is 0 Å². The topological polar surface area (TPSA) is 3.24 Å². The fraction of sp³-hybridized carbons (Fsp3) is 0.571. The maximum atomic E-state index is 2.54. The highest BCUT2D eigenvalue weighted by molar-refractivity contribution is 14.0. The molecule has 1 atom stereocenters. The Morgan fingerprint density at radius 2 is 1.75 bits per heavy atom. The second-order valence-corrected chi connectivity index (χ2v) is 5.42. The van der Waals surface area contributed by atoms with Crippen LogP contribution in [0.25, 0.3) is 0 Å². The van der Waals surface area contributed by atoms with Crippen molar-refractivity contribution in [1.82, 2.24) is 0 Å². The molecule has 0 fully saturated rings. The highest BCUT2D eigenvalue weighted by atomic mass is 127. The van der Waals surface area contributed by atoms with E-state index in [2.05, 4.69) is 63.8 Å². The second kappa shape index (κ2) is 4.55. The molecule has 0 amide bonds. The van der Waals surface area contributed by atoms with Gasteiger partial charge in [-0.2, -0.15) is 0 Å². The first-order valence-corrected chi connectivity index (χ1v) is 5.84. The van der Waals surface area contributed by atoms with Crippen molar-refractivity contribution in [2.24, 2.45) is 0 Å². The van der Waals surface area contributed by atoms with Crippen molar-refractivity contribution in [2.45, 2.75) is 52.1 Å². The van der Waals surface area contributed by atoms with Gasteiger partial charge < -0.3 is 4.90 Å². The van der Waals surface area contributed by atoms with Crippen LogP contribution in [-0.2, 0) is 5.41 Å². The van der Waals surface area contributed by atoms with Crippen molar-refractivity contribution >= 4 is 29.7 Å². The van der Waals surface area contributed by atoms with Crippen molar-refractivity contribution in [2.75, 3.05) is 4.90 Å². The van der Waals surface area contributed by atoms with Crippen LogP contribution < -0.4 is 4.90 Å². The van der Waals surface area contributed by atoms with Crippen molar-refractivity contribution in [1.29, 1.82) is 0 Å². The first kappa shape index (κ1) is 13.8. The van der Waals surface area contributed by atoms with Gasteiger partial charge in [-0.25, -0.2) is 0 Å². The highest BCUT2D eigenvalue weighted by Crippen LogP contribution is 2.45. The fourth-order valence-corrected chi connectivity index (χ4v) is 2.75. The zero-order valence-electron chi connectivity index (χ0n) is 10.8. The lowest BCUT2D eigenvalue weighted by molar-refractivity contribution is 0.425. The molecule has 0 bridgehead atoms. The van der Waals surface area contributed by atoms with E-state index in [4.69, 9.17) is 0 Å². The van der Waals surface area contributed by atoms with Gasteiger partial charge in [-0.15, -0.1) is 24.0 Å². The van der Waals surface area contributed by atoms with E-state index in [-0.39, 0.29) is 29.4 Å².